The highest BCUT2D eigenvalue weighted by molar-refractivity contribution is 9.10. The fraction of sp³-hybridized carbons (Fsp3) is 0.333. The molecule has 108 valence electrons. The van der Waals surface area contributed by atoms with E-state index < -0.39 is 35.4 Å². The van der Waals surface area contributed by atoms with E-state index in [1.807, 2.05) is 0 Å². The van der Waals surface area contributed by atoms with E-state index in [-0.39, 0.29) is 11.0 Å². The molecule has 0 bridgehead atoms. The van der Waals surface area contributed by atoms with E-state index in [1.165, 1.54) is 0 Å². The standard InChI is InChI=1S/C12H11BrF2N2O3/c13-6-4-7(14)10(8(15)5-6)16-12(20)17-3-1-2-9(17)11(18)19/h4-5,9H,1-3H2,(H,16,20)(H,18,19)/t9-/m0/s1. The van der Waals surface area contributed by atoms with Gasteiger partial charge in [0, 0.05) is 11.0 Å². The first-order valence-corrected chi connectivity index (χ1v) is 6.64. The Morgan fingerprint density at radius 1 is 1.35 bits per heavy atom. The molecule has 1 atom stereocenters. The van der Waals surface area contributed by atoms with Gasteiger partial charge >= 0.3 is 12.0 Å². The van der Waals surface area contributed by atoms with Gasteiger partial charge < -0.3 is 15.3 Å². The zero-order valence-electron chi connectivity index (χ0n) is 10.2. The fourth-order valence-electron chi connectivity index (χ4n) is 2.11. The number of carboxylic acid groups (broad SMARTS) is 1. The number of halogens is 3. The average molecular weight is 349 g/mol. The van der Waals surface area contributed by atoms with Gasteiger partial charge in [0.1, 0.15) is 11.7 Å². The highest BCUT2D eigenvalue weighted by Crippen LogP contribution is 2.25. The molecule has 0 aliphatic carbocycles. The van der Waals surface area contributed by atoms with E-state index >= 15 is 0 Å². The number of likely N-dealkylation sites (tertiary alicyclic amines) is 1. The summed E-state index contributed by atoms with van der Waals surface area (Å²) in [5.74, 6) is -3.00. The van der Waals surface area contributed by atoms with Crippen LogP contribution in [0.25, 0.3) is 0 Å². The van der Waals surface area contributed by atoms with Crippen molar-refractivity contribution in [2.45, 2.75) is 18.9 Å². The lowest BCUT2D eigenvalue weighted by Crippen LogP contribution is -2.43. The number of rotatable bonds is 2. The zero-order chi connectivity index (χ0) is 14.9. The maximum atomic E-state index is 13.6. The zero-order valence-corrected chi connectivity index (χ0v) is 11.8. The molecular formula is C12H11BrF2N2O3. The Bertz CT molecular complexity index is 545. The maximum absolute atomic E-state index is 13.6. The molecular weight excluding hydrogens is 338 g/mol. The highest BCUT2D eigenvalue weighted by Gasteiger charge is 2.34. The number of benzene rings is 1. The van der Waals surface area contributed by atoms with Crippen molar-refractivity contribution in [3.63, 3.8) is 0 Å². The number of aliphatic carboxylic acids is 1. The second-order valence-corrected chi connectivity index (χ2v) is 5.28. The molecule has 0 saturated carbocycles. The van der Waals surface area contributed by atoms with Gasteiger partial charge in [-0.3, -0.25) is 0 Å². The van der Waals surface area contributed by atoms with Crippen LogP contribution in [0.15, 0.2) is 16.6 Å². The van der Waals surface area contributed by atoms with Crippen molar-refractivity contribution < 1.29 is 23.5 Å². The van der Waals surface area contributed by atoms with Crippen LogP contribution >= 0.6 is 15.9 Å². The predicted octanol–water partition coefficient (Wildman–Crippen LogP) is 2.81. The summed E-state index contributed by atoms with van der Waals surface area (Å²) in [5.41, 5.74) is -0.589. The summed E-state index contributed by atoms with van der Waals surface area (Å²) >= 11 is 2.93. The fourth-order valence-corrected chi connectivity index (χ4v) is 2.51. The largest absolute Gasteiger partial charge is 0.480 e. The van der Waals surface area contributed by atoms with Crippen LogP contribution in [0.4, 0.5) is 19.3 Å². The van der Waals surface area contributed by atoms with E-state index in [1.54, 1.807) is 0 Å². The molecule has 1 aliphatic rings. The Kier molecular flexibility index (Phi) is 4.22. The Hall–Kier alpha value is -1.70. The number of carboxylic acids is 1. The van der Waals surface area contributed by atoms with Crippen LogP contribution in [0.1, 0.15) is 12.8 Å². The molecule has 0 spiro atoms. The summed E-state index contributed by atoms with van der Waals surface area (Å²) in [5, 5.41) is 11.1. The Morgan fingerprint density at radius 2 is 1.95 bits per heavy atom. The van der Waals surface area contributed by atoms with Crippen molar-refractivity contribution in [1.29, 1.82) is 0 Å². The molecule has 2 amide bonds. The van der Waals surface area contributed by atoms with E-state index in [9.17, 15) is 18.4 Å². The van der Waals surface area contributed by atoms with Crippen molar-refractivity contribution in [1.82, 2.24) is 4.90 Å². The summed E-state index contributed by atoms with van der Waals surface area (Å²) in [6, 6.07) is 0.237. The number of anilines is 1. The molecule has 0 unspecified atom stereocenters. The third-order valence-corrected chi connectivity index (χ3v) is 3.50. The maximum Gasteiger partial charge on any atom is 0.326 e. The van der Waals surface area contributed by atoms with Gasteiger partial charge in [-0.1, -0.05) is 15.9 Å². The smallest absolute Gasteiger partial charge is 0.326 e. The third kappa shape index (κ3) is 2.90. The molecule has 2 N–H and O–H groups in total. The average Bonchev–Trinajstić information content (AvgIpc) is 2.82. The molecule has 5 nitrogen and oxygen atoms in total. The first-order chi connectivity index (χ1) is 9.40. The summed E-state index contributed by atoms with van der Waals surface area (Å²) in [6.45, 7) is 0.239. The number of amides is 2. The SMILES string of the molecule is O=C(O)[C@@H]1CCCN1C(=O)Nc1c(F)cc(Br)cc1F. The Labute approximate surface area is 121 Å². The van der Waals surface area contributed by atoms with Gasteiger partial charge in [0.15, 0.2) is 11.6 Å². The van der Waals surface area contributed by atoms with Crippen LogP contribution in [0.5, 0.6) is 0 Å². The molecule has 1 aromatic carbocycles. The number of hydrogen-bond acceptors (Lipinski definition) is 2. The molecule has 1 aromatic rings. The minimum atomic E-state index is -1.13. The van der Waals surface area contributed by atoms with Gasteiger partial charge in [0.25, 0.3) is 0 Å². The Morgan fingerprint density at radius 3 is 2.50 bits per heavy atom. The van der Waals surface area contributed by atoms with Crippen LogP contribution in [0.3, 0.4) is 0 Å². The van der Waals surface area contributed by atoms with Gasteiger partial charge in [-0.2, -0.15) is 0 Å². The van der Waals surface area contributed by atoms with E-state index in [0.717, 1.165) is 17.0 Å². The van der Waals surface area contributed by atoms with E-state index in [4.69, 9.17) is 5.11 Å². The molecule has 1 aliphatic heterocycles. The number of urea groups is 1. The van der Waals surface area contributed by atoms with Gasteiger partial charge in [0.2, 0.25) is 0 Å². The van der Waals surface area contributed by atoms with Crippen LogP contribution in [0.2, 0.25) is 0 Å². The molecule has 2 rings (SSSR count). The lowest BCUT2D eigenvalue weighted by molar-refractivity contribution is -0.141. The van der Waals surface area contributed by atoms with Crippen molar-refractivity contribution in [3.8, 4) is 0 Å². The van der Waals surface area contributed by atoms with Crippen molar-refractivity contribution >= 4 is 33.6 Å². The van der Waals surface area contributed by atoms with Crippen LogP contribution < -0.4 is 5.32 Å². The normalized spacial score (nSPS) is 18.1. The molecule has 1 saturated heterocycles. The molecule has 1 fully saturated rings. The topological polar surface area (TPSA) is 69.6 Å². The molecule has 20 heavy (non-hydrogen) atoms. The van der Waals surface area contributed by atoms with Crippen molar-refractivity contribution in [3.05, 3.63) is 28.2 Å². The molecule has 8 heteroatoms. The Balaban J connectivity index is 2.18. The van der Waals surface area contributed by atoms with Crippen LogP contribution in [0, 0.1) is 11.6 Å². The lowest BCUT2D eigenvalue weighted by Gasteiger charge is -2.22. The first kappa shape index (κ1) is 14.7. The number of carbonyl (C=O) groups excluding carboxylic acids is 1. The summed E-state index contributed by atoms with van der Waals surface area (Å²) < 4.78 is 27.4. The van der Waals surface area contributed by atoms with Crippen molar-refractivity contribution in [2.75, 3.05) is 11.9 Å². The minimum absolute atomic E-state index is 0.204. The number of carbonyl (C=O) groups is 2. The lowest BCUT2D eigenvalue weighted by atomic mass is 10.2. The highest BCUT2D eigenvalue weighted by atomic mass is 79.9. The number of hydrogen-bond donors (Lipinski definition) is 2. The molecule has 0 radical (unpaired) electrons. The third-order valence-electron chi connectivity index (χ3n) is 3.04. The van der Waals surface area contributed by atoms with Gasteiger partial charge in [-0.15, -0.1) is 0 Å². The first-order valence-electron chi connectivity index (χ1n) is 5.85. The quantitative estimate of drug-likeness (QED) is 0.863. The summed E-state index contributed by atoms with van der Waals surface area (Å²) in [4.78, 5) is 24.0. The number of nitrogens with one attached hydrogen (secondary N) is 1. The predicted molar refractivity (Wildman–Crippen MR) is 70.4 cm³/mol. The van der Waals surface area contributed by atoms with Gasteiger partial charge in [-0.05, 0) is 25.0 Å². The number of nitrogens with zero attached hydrogens (tertiary/aromatic N) is 1. The molecule has 1 heterocycles. The van der Waals surface area contributed by atoms with Crippen molar-refractivity contribution in [2.24, 2.45) is 0 Å². The van der Waals surface area contributed by atoms with Gasteiger partial charge in [0.05, 0.1) is 0 Å². The van der Waals surface area contributed by atoms with Crippen LogP contribution in [-0.4, -0.2) is 34.6 Å². The van der Waals surface area contributed by atoms with Crippen LogP contribution in [-0.2, 0) is 4.79 Å². The summed E-state index contributed by atoms with van der Waals surface area (Å²) in [6.07, 6.45) is 0.865. The minimum Gasteiger partial charge on any atom is -0.480 e. The monoisotopic (exact) mass is 348 g/mol. The van der Waals surface area contributed by atoms with E-state index in [2.05, 4.69) is 21.2 Å². The summed E-state index contributed by atoms with van der Waals surface area (Å²) in [7, 11) is 0. The van der Waals surface area contributed by atoms with E-state index in [0.29, 0.717) is 12.8 Å². The second-order valence-electron chi connectivity index (χ2n) is 4.36. The molecule has 0 aromatic heterocycles. The van der Waals surface area contributed by atoms with Gasteiger partial charge in [-0.25, -0.2) is 18.4 Å². The second kappa shape index (κ2) is 5.74.